The highest BCUT2D eigenvalue weighted by Crippen LogP contribution is 2.23. The van der Waals surface area contributed by atoms with Gasteiger partial charge in [0.15, 0.2) is 5.83 Å². The summed E-state index contributed by atoms with van der Waals surface area (Å²) in [6, 6.07) is 13.7. The molecule has 0 radical (unpaired) electrons. The van der Waals surface area contributed by atoms with E-state index in [0.29, 0.717) is 6.33 Å². The molecule has 0 heterocycles. The van der Waals surface area contributed by atoms with E-state index in [4.69, 9.17) is 0 Å². The third-order valence-corrected chi connectivity index (χ3v) is 2.76. The van der Waals surface area contributed by atoms with Gasteiger partial charge in [0.25, 0.3) is 0 Å². The first-order valence-corrected chi connectivity index (χ1v) is 5.68. The second-order valence-corrected chi connectivity index (χ2v) is 3.95. The Kier molecular flexibility index (Phi) is 4.18. The van der Waals surface area contributed by atoms with Crippen molar-refractivity contribution < 1.29 is 13.2 Å². The third kappa shape index (κ3) is 3.13. The molecule has 0 aliphatic heterocycles. The van der Waals surface area contributed by atoms with Crippen LogP contribution in [0.4, 0.5) is 13.2 Å². The highest BCUT2D eigenvalue weighted by Gasteiger charge is 2.02. The molecule has 0 saturated heterocycles. The zero-order valence-electron chi connectivity index (χ0n) is 9.98. The highest BCUT2D eigenvalue weighted by molar-refractivity contribution is 5.68. The maximum atomic E-state index is 13.0. The second-order valence-electron chi connectivity index (χ2n) is 3.95. The summed E-state index contributed by atoms with van der Waals surface area (Å²) in [5.74, 6) is -0.894. The number of hydrogen-bond donors (Lipinski definition) is 0. The first-order chi connectivity index (χ1) is 9.24. The van der Waals surface area contributed by atoms with Crippen LogP contribution in [0.15, 0.2) is 61.2 Å². The molecule has 0 spiro atoms. The molecule has 2 aromatic carbocycles. The van der Waals surface area contributed by atoms with Crippen molar-refractivity contribution in [2.24, 2.45) is 0 Å². The van der Waals surface area contributed by atoms with E-state index in [2.05, 4.69) is 0 Å². The standard InChI is InChI=1S/C16H11F3/c17-10-9-12-1-3-13(4-2-12)14-5-7-15(8-6-14)16(19)11-18/h1-11H/b10-9?,16-11-. The quantitative estimate of drug-likeness (QED) is 0.680. The maximum absolute atomic E-state index is 13.0. The molecule has 0 amide bonds. The average molecular weight is 260 g/mol. The predicted octanol–water partition coefficient (Wildman–Crippen LogP) is 5.53. The van der Waals surface area contributed by atoms with E-state index in [1.54, 1.807) is 24.3 Å². The van der Waals surface area contributed by atoms with E-state index in [1.807, 2.05) is 12.1 Å². The van der Waals surface area contributed by atoms with Crippen molar-refractivity contribution in [2.45, 2.75) is 0 Å². The van der Waals surface area contributed by atoms with Gasteiger partial charge in [-0.15, -0.1) is 0 Å². The minimum atomic E-state index is -0.894. The van der Waals surface area contributed by atoms with Gasteiger partial charge in [0.2, 0.25) is 0 Å². The summed E-state index contributed by atoms with van der Waals surface area (Å²) < 4.78 is 37.0. The van der Waals surface area contributed by atoms with Gasteiger partial charge in [-0.1, -0.05) is 48.5 Å². The van der Waals surface area contributed by atoms with Crippen molar-refractivity contribution in [1.82, 2.24) is 0 Å². The first-order valence-electron chi connectivity index (χ1n) is 5.68. The minimum Gasteiger partial charge on any atom is -0.216 e. The van der Waals surface area contributed by atoms with E-state index in [-0.39, 0.29) is 11.9 Å². The molecule has 0 unspecified atom stereocenters. The lowest BCUT2D eigenvalue weighted by atomic mass is 10.0. The molecule has 0 atom stereocenters. The van der Waals surface area contributed by atoms with Crippen LogP contribution in [0, 0.1) is 0 Å². The van der Waals surface area contributed by atoms with Crippen molar-refractivity contribution in [3.63, 3.8) is 0 Å². The maximum Gasteiger partial charge on any atom is 0.158 e. The van der Waals surface area contributed by atoms with Gasteiger partial charge < -0.3 is 0 Å². The number of hydrogen-bond acceptors (Lipinski definition) is 0. The van der Waals surface area contributed by atoms with Crippen LogP contribution in [-0.2, 0) is 0 Å². The first kappa shape index (κ1) is 13.1. The molecule has 19 heavy (non-hydrogen) atoms. The van der Waals surface area contributed by atoms with Crippen molar-refractivity contribution in [1.29, 1.82) is 0 Å². The average Bonchev–Trinajstić information content (AvgIpc) is 2.48. The second kappa shape index (κ2) is 6.05. The molecule has 2 rings (SSSR count). The van der Waals surface area contributed by atoms with Gasteiger partial charge in [0.05, 0.1) is 6.33 Å². The molecule has 0 N–H and O–H groups in total. The van der Waals surface area contributed by atoms with Crippen LogP contribution >= 0.6 is 0 Å². The lowest BCUT2D eigenvalue weighted by Gasteiger charge is -2.03. The molecule has 0 saturated carbocycles. The predicted molar refractivity (Wildman–Crippen MR) is 72.2 cm³/mol. The Hall–Kier alpha value is -2.29. The molecular formula is C16H11F3. The van der Waals surface area contributed by atoms with Crippen LogP contribution in [0.3, 0.4) is 0 Å². The monoisotopic (exact) mass is 260 g/mol. The number of rotatable bonds is 3. The van der Waals surface area contributed by atoms with Crippen molar-refractivity contribution >= 4 is 11.9 Å². The molecule has 0 aliphatic carbocycles. The smallest absolute Gasteiger partial charge is 0.158 e. The van der Waals surface area contributed by atoms with E-state index >= 15 is 0 Å². The van der Waals surface area contributed by atoms with Gasteiger partial charge in [-0.25, -0.2) is 13.2 Å². The number of benzene rings is 2. The van der Waals surface area contributed by atoms with E-state index in [1.165, 1.54) is 18.2 Å². The Labute approximate surface area is 109 Å². The van der Waals surface area contributed by atoms with Gasteiger partial charge in [0, 0.05) is 5.56 Å². The summed E-state index contributed by atoms with van der Waals surface area (Å²) in [5, 5.41) is 0. The molecule has 0 aliphatic rings. The van der Waals surface area contributed by atoms with Gasteiger partial charge in [0.1, 0.15) is 6.33 Å². The fourth-order valence-electron chi connectivity index (χ4n) is 1.74. The summed E-state index contributed by atoms with van der Waals surface area (Å²) in [7, 11) is 0. The lowest BCUT2D eigenvalue weighted by molar-refractivity contribution is 0.671. The molecule has 3 heteroatoms. The SMILES string of the molecule is FC=Cc1ccc(-c2ccc(/C(F)=C/F)cc2)cc1. The minimum absolute atomic E-state index is 0.0624. The highest BCUT2D eigenvalue weighted by atomic mass is 19.2. The van der Waals surface area contributed by atoms with Gasteiger partial charge >= 0.3 is 0 Å². The van der Waals surface area contributed by atoms with Crippen molar-refractivity contribution in [3.05, 3.63) is 72.3 Å². The lowest BCUT2D eigenvalue weighted by Crippen LogP contribution is -1.81. The van der Waals surface area contributed by atoms with Crippen LogP contribution in [0.5, 0.6) is 0 Å². The van der Waals surface area contributed by atoms with Gasteiger partial charge in [-0.05, 0) is 22.8 Å². The molecule has 96 valence electrons. The Balaban J connectivity index is 2.27. The normalized spacial score (nSPS) is 12.1. The number of halogens is 3. The summed E-state index contributed by atoms with van der Waals surface area (Å²) in [6.45, 7) is 0. The topological polar surface area (TPSA) is 0 Å². The summed E-state index contributed by atoms with van der Waals surface area (Å²) >= 11 is 0. The Morgan fingerprint density at radius 1 is 0.789 bits per heavy atom. The fourth-order valence-corrected chi connectivity index (χ4v) is 1.74. The summed E-state index contributed by atoms with van der Waals surface area (Å²) in [6.07, 6.45) is 1.78. The molecular weight excluding hydrogens is 249 g/mol. The van der Waals surface area contributed by atoms with Gasteiger partial charge in [-0.3, -0.25) is 0 Å². The fraction of sp³-hybridized carbons (Fsp3) is 0. The molecule has 0 bridgehead atoms. The van der Waals surface area contributed by atoms with Crippen LogP contribution < -0.4 is 0 Å². The summed E-state index contributed by atoms with van der Waals surface area (Å²) in [5.41, 5.74) is 2.76. The van der Waals surface area contributed by atoms with Crippen LogP contribution in [0.25, 0.3) is 23.0 Å². The van der Waals surface area contributed by atoms with Crippen molar-refractivity contribution in [3.8, 4) is 11.1 Å². The largest absolute Gasteiger partial charge is 0.216 e. The Bertz CT molecular complexity index is 593. The molecule has 0 aromatic heterocycles. The molecule has 0 nitrogen and oxygen atoms in total. The van der Waals surface area contributed by atoms with E-state index < -0.39 is 5.83 Å². The summed E-state index contributed by atoms with van der Waals surface area (Å²) in [4.78, 5) is 0. The third-order valence-electron chi connectivity index (χ3n) is 2.76. The van der Waals surface area contributed by atoms with E-state index in [0.717, 1.165) is 16.7 Å². The van der Waals surface area contributed by atoms with E-state index in [9.17, 15) is 13.2 Å². The Morgan fingerprint density at radius 2 is 1.32 bits per heavy atom. The van der Waals surface area contributed by atoms with Crippen molar-refractivity contribution in [2.75, 3.05) is 0 Å². The van der Waals surface area contributed by atoms with Crippen LogP contribution in [-0.4, -0.2) is 0 Å². The van der Waals surface area contributed by atoms with Crippen LogP contribution in [0.1, 0.15) is 11.1 Å². The molecule has 2 aromatic rings. The van der Waals surface area contributed by atoms with Gasteiger partial charge in [-0.2, -0.15) is 0 Å². The zero-order valence-corrected chi connectivity index (χ0v) is 9.98. The Morgan fingerprint density at radius 3 is 1.79 bits per heavy atom. The zero-order chi connectivity index (χ0) is 13.7. The van der Waals surface area contributed by atoms with Crippen LogP contribution in [0.2, 0.25) is 0 Å². The molecule has 0 fully saturated rings.